The second-order valence-electron chi connectivity index (χ2n) is 4.15. The molecule has 0 aliphatic heterocycles. The minimum Gasteiger partial charge on any atom is -0.440 e. The van der Waals surface area contributed by atoms with E-state index in [1.165, 1.54) is 0 Å². The van der Waals surface area contributed by atoms with Crippen molar-refractivity contribution >= 4 is 17.7 Å². The second-order valence-corrected chi connectivity index (χ2v) is 5.20. The van der Waals surface area contributed by atoms with Gasteiger partial charge in [0.1, 0.15) is 6.26 Å². The molecule has 0 aromatic carbocycles. The lowest BCUT2D eigenvalue weighted by Crippen LogP contribution is -2.51. The number of aromatic nitrogens is 1. The molecule has 1 atom stereocenters. The Balaban J connectivity index is 2.30. The van der Waals surface area contributed by atoms with Crippen molar-refractivity contribution in [1.29, 1.82) is 0 Å². The van der Waals surface area contributed by atoms with Gasteiger partial charge in [-0.3, -0.25) is 4.79 Å². The first-order valence-corrected chi connectivity index (χ1v) is 6.50. The standard InChI is InChI=1S/C11H19N3O2S/c1-8-7-16-10(14-8)17-6-4-5-11(2,13-3)9(12)15/h7,13H,4-6H2,1-3H3,(H2,12,15). The van der Waals surface area contributed by atoms with Crippen molar-refractivity contribution < 1.29 is 9.21 Å². The summed E-state index contributed by atoms with van der Waals surface area (Å²) in [4.78, 5) is 15.4. The molecule has 1 unspecified atom stereocenters. The van der Waals surface area contributed by atoms with E-state index in [0.717, 1.165) is 17.9 Å². The van der Waals surface area contributed by atoms with Gasteiger partial charge in [-0.1, -0.05) is 11.8 Å². The monoisotopic (exact) mass is 257 g/mol. The fourth-order valence-electron chi connectivity index (χ4n) is 1.36. The Hall–Kier alpha value is -1.01. The van der Waals surface area contributed by atoms with Gasteiger partial charge >= 0.3 is 0 Å². The highest BCUT2D eigenvalue weighted by atomic mass is 32.2. The minimum absolute atomic E-state index is 0.322. The summed E-state index contributed by atoms with van der Waals surface area (Å²) in [5.41, 5.74) is 5.59. The van der Waals surface area contributed by atoms with E-state index in [1.54, 1.807) is 25.1 Å². The molecule has 1 heterocycles. The Bertz CT molecular complexity index is 381. The molecule has 1 rings (SSSR count). The first-order valence-electron chi connectivity index (χ1n) is 5.51. The predicted octanol–water partition coefficient (Wildman–Crippen LogP) is 1.32. The number of aryl methyl sites for hydroxylation is 1. The molecule has 0 saturated carbocycles. The number of nitrogens with one attached hydrogen (secondary N) is 1. The van der Waals surface area contributed by atoms with Gasteiger partial charge in [-0.2, -0.15) is 0 Å². The highest BCUT2D eigenvalue weighted by Crippen LogP contribution is 2.20. The van der Waals surface area contributed by atoms with Crippen molar-refractivity contribution in [1.82, 2.24) is 10.3 Å². The van der Waals surface area contributed by atoms with Crippen LogP contribution in [0.2, 0.25) is 0 Å². The largest absolute Gasteiger partial charge is 0.440 e. The van der Waals surface area contributed by atoms with Crippen molar-refractivity contribution in [3.05, 3.63) is 12.0 Å². The van der Waals surface area contributed by atoms with Crippen LogP contribution in [-0.2, 0) is 4.79 Å². The first-order chi connectivity index (χ1) is 7.98. The number of carbonyl (C=O) groups is 1. The first kappa shape index (κ1) is 14.1. The summed E-state index contributed by atoms with van der Waals surface area (Å²) in [6.07, 6.45) is 3.20. The lowest BCUT2D eigenvalue weighted by Gasteiger charge is -2.25. The molecular formula is C11H19N3O2S. The summed E-state index contributed by atoms with van der Waals surface area (Å²) in [6.45, 7) is 3.70. The highest BCUT2D eigenvalue weighted by molar-refractivity contribution is 7.99. The molecule has 1 amide bonds. The van der Waals surface area contributed by atoms with Crippen molar-refractivity contribution in [3.63, 3.8) is 0 Å². The average Bonchev–Trinajstić information content (AvgIpc) is 2.70. The molecule has 3 N–H and O–H groups in total. The minimum atomic E-state index is -0.632. The zero-order valence-electron chi connectivity index (χ0n) is 10.4. The van der Waals surface area contributed by atoms with Crippen LogP contribution in [0.4, 0.5) is 0 Å². The molecule has 17 heavy (non-hydrogen) atoms. The molecule has 1 aromatic rings. The van der Waals surface area contributed by atoms with Gasteiger partial charge < -0.3 is 15.5 Å². The zero-order valence-corrected chi connectivity index (χ0v) is 11.3. The number of carbonyl (C=O) groups excluding carboxylic acids is 1. The SMILES string of the molecule is CNC(C)(CCCSc1nc(C)co1)C(N)=O. The molecule has 0 spiro atoms. The van der Waals surface area contributed by atoms with Gasteiger partial charge in [0.15, 0.2) is 0 Å². The molecule has 0 aliphatic rings. The van der Waals surface area contributed by atoms with Gasteiger partial charge in [-0.05, 0) is 33.7 Å². The van der Waals surface area contributed by atoms with E-state index >= 15 is 0 Å². The number of oxazole rings is 1. The lowest BCUT2D eigenvalue weighted by atomic mass is 9.96. The Labute approximate surface area is 106 Å². The molecule has 0 radical (unpaired) electrons. The third-order valence-electron chi connectivity index (χ3n) is 2.74. The fourth-order valence-corrected chi connectivity index (χ4v) is 2.14. The van der Waals surface area contributed by atoms with Gasteiger partial charge in [-0.25, -0.2) is 4.98 Å². The molecular weight excluding hydrogens is 238 g/mol. The summed E-state index contributed by atoms with van der Waals surface area (Å²) in [7, 11) is 1.75. The van der Waals surface area contributed by atoms with Crippen molar-refractivity contribution in [2.24, 2.45) is 5.73 Å². The van der Waals surface area contributed by atoms with Crippen LogP contribution in [0.25, 0.3) is 0 Å². The quantitative estimate of drug-likeness (QED) is 0.568. The number of rotatable bonds is 7. The maximum absolute atomic E-state index is 11.2. The molecule has 1 aromatic heterocycles. The normalized spacial score (nSPS) is 14.5. The second kappa shape index (κ2) is 6.07. The van der Waals surface area contributed by atoms with E-state index < -0.39 is 5.54 Å². The number of nitrogens with zero attached hydrogens (tertiary/aromatic N) is 1. The maximum atomic E-state index is 11.2. The number of primary amides is 1. The smallest absolute Gasteiger partial charge is 0.255 e. The van der Waals surface area contributed by atoms with Crippen LogP contribution < -0.4 is 11.1 Å². The summed E-state index contributed by atoms with van der Waals surface area (Å²) in [6, 6.07) is 0. The molecule has 0 saturated heterocycles. The summed E-state index contributed by atoms with van der Waals surface area (Å²) in [5.74, 6) is 0.529. The van der Waals surface area contributed by atoms with Crippen molar-refractivity contribution in [2.75, 3.05) is 12.8 Å². The Morgan fingerprint density at radius 2 is 2.41 bits per heavy atom. The molecule has 6 heteroatoms. The number of likely N-dealkylation sites (N-methyl/N-ethyl adjacent to an activating group) is 1. The van der Waals surface area contributed by atoms with E-state index in [1.807, 2.05) is 13.8 Å². The number of thioether (sulfide) groups is 1. The van der Waals surface area contributed by atoms with Crippen molar-refractivity contribution in [3.8, 4) is 0 Å². The summed E-state index contributed by atoms with van der Waals surface area (Å²) >= 11 is 1.55. The lowest BCUT2D eigenvalue weighted by molar-refractivity contribution is -0.123. The maximum Gasteiger partial charge on any atom is 0.255 e. The molecule has 5 nitrogen and oxygen atoms in total. The molecule has 0 bridgehead atoms. The van der Waals surface area contributed by atoms with Gasteiger partial charge in [0.05, 0.1) is 11.2 Å². The zero-order chi connectivity index (χ0) is 12.9. The number of hydrogen-bond donors (Lipinski definition) is 2. The fraction of sp³-hybridized carbons (Fsp3) is 0.636. The molecule has 0 aliphatic carbocycles. The summed E-state index contributed by atoms with van der Waals surface area (Å²) < 4.78 is 5.21. The van der Waals surface area contributed by atoms with Crippen molar-refractivity contribution in [2.45, 2.75) is 37.5 Å². The number of nitrogens with two attached hydrogens (primary N) is 1. The van der Waals surface area contributed by atoms with Crippen LogP contribution in [-0.4, -0.2) is 29.2 Å². The van der Waals surface area contributed by atoms with Crippen LogP contribution in [0.15, 0.2) is 15.9 Å². The van der Waals surface area contributed by atoms with E-state index in [9.17, 15) is 4.79 Å². The van der Waals surface area contributed by atoms with Gasteiger partial charge in [-0.15, -0.1) is 0 Å². The van der Waals surface area contributed by atoms with Gasteiger partial charge in [0.2, 0.25) is 5.91 Å². The third kappa shape index (κ3) is 4.05. The van der Waals surface area contributed by atoms with Crippen LogP contribution >= 0.6 is 11.8 Å². The number of hydrogen-bond acceptors (Lipinski definition) is 5. The van der Waals surface area contributed by atoms with Crippen LogP contribution in [0.3, 0.4) is 0 Å². The Kier molecular flexibility index (Phi) is 5.02. The van der Waals surface area contributed by atoms with E-state index in [2.05, 4.69) is 10.3 Å². The van der Waals surface area contributed by atoms with E-state index in [-0.39, 0.29) is 5.91 Å². The highest BCUT2D eigenvalue weighted by Gasteiger charge is 2.27. The van der Waals surface area contributed by atoms with Gasteiger partial charge in [0.25, 0.3) is 5.22 Å². The Morgan fingerprint density at radius 3 is 2.88 bits per heavy atom. The van der Waals surface area contributed by atoms with E-state index in [4.69, 9.17) is 10.2 Å². The van der Waals surface area contributed by atoms with Crippen LogP contribution in [0.1, 0.15) is 25.5 Å². The molecule has 0 fully saturated rings. The summed E-state index contributed by atoms with van der Waals surface area (Å²) in [5, 5.41) is 3.63. The number of amides is 1. The topological polar surface area (TPSA) is 81.2 Å². The third-order valence-corrected chi connectivity index (χ3v) is 3.67. The Morgan fingerprint density at radius 1 is 1.71 bits per heavy atom. The van der Waals surface area contributed by atoms with Crippen LogP contribution in [0.5, 0.6) is 0 Å². The average molecular weight is 257 g/mol. The van der Waals surface area contributed by atoms with Crippen LogP contribution in [0, 0.1) is 6.92 Å². The van der Waals surface area contributed by atoms with E-state index in [0.29, 0.717) is 11.6 Å². The van der Waals surface area contributed by atoms with Gasteiger partial charge in [0, 0.05) is 5.75 Å². The predicted molar refractivity (Wildman–Crippen MR) is 67.9 cm³/mol. The molecule has 96 valence electrons.